The SMILES string of the molecule is C[C@]12C[C@@H]3C[C@](C)(C1)C[C@@](Nc1nc(Cl)nc4c1ncn4[C@@H]1O[C@H](CCCCP(=O)(O)O)C(O)C1O)(C3)C2. The number of fused-ring (bicyclic) bond motifs is 1. The minimum Gasteiger partial charge on any atom is -0.388 e. The van der Waals surface area contributed by atoms with E-state index in [0.717, 1.165) is 19.3 Å². The second-order valence-corrected chi connectivity index (χ2v) is 15.2. The Morgan fingerprint density at radius 3 is 2.47 bits per heavy atom. The maximum absolute atomic E-state index is 11.1. The van der Waals surface area contributed by atoms with Crippen molar-refractivity contribution < 1.29 is 29.3 Å². The number of hydrogen-bond acceptors (Lipinski definition) is 8. The molecule has 8 atom stereocenters. The van der Waals surface area contributed by atoms with Crippen molar-refractivity contribution in [1.82, 2.24) is 19.5 Å². The van der Waals surface area contributed by atoms with Crippen LogP contribution in [0.1, 0.15) is 77.9 Å². The predicted octanol–water partition coefficient (Wildman–Crippen LogP) is 3.61. The van der Waals surface area contributed by atoms with Crippen molar-refractivity contribution in [2.45, 2.75) is 102 Å². The highest BCUT2D eigenvalue weighted by atomic mass is 35.5. The molecule has 13 heteroatoms. The molecule has 0 amide bonds. The average Bonchev–Trinajstić information content (AvgIpc) is 3.29. The van der Waals surface area contributed by atoms with E-state index in [4.69, 9.17) is 26.1 Å². The molecule has 3 heterocycles. The number of imidazole rings is 1. The van der Waals surface area contributed by atoms with Crippen LogP contribution in [0, 0.1) is 16.7 Å². The van der Waals surface area contributed by atoms with Gasteiger partial charge in [-0.05, 0) is 79.7 Å². The van der Waals surface area contributed by atoms with Gasteiger partial charge in [0.15, 0.2) is 23.2 Å². The topological polar surface area (TPSA) is 163 Å². The van der Waals surface area contributed by atoms with E-state index in [0.29, 0.717) is 53.0 Å². The third-order valence-corrected chi connectivity index (χ3v) is 10.3. The number of nitrogens with one attached hydrogen (secondary N) is 1. The number of anilines is 1. The quantitative estimate of drug-likeness (QED) is 0.180. The first kappa shape index (κ1) is 26.9. The molecule has 2 aromatic rings. The number of aliphatic hydroxyl groups excluding tert-OH is 2. The molecule has 2 unspecified atom stereocenters. The first-order chi connectivity index (χ1) is 17.8. The lowest BCUT2D eigenvalue weighted by Gasteiger charge is -2.65. The van der Waals surface area contributed by atoms with Crippen molar-refractivity contribution in [2.24, 2.45) is 16.7 Å². The summed E-state index contributed by atoms with van der Waals surface area (Å²) in [7, 11) is -4.07. The van der Waals surface area contributed by atoms with Crippen LogP contribution in [0.3, 0.4) is 0 Å². The largest absolute Gasteiger partial charge is 0.388 e. The molecule has 0 radical (unpaired) electrons. The molecule has 0 aromatic carbocycles. The fraction of sp³-hybridized carbons (Fsp3) is 0.800. The summed E-state index contributed by atoms with van der Waals surface area (Å²) in [5.41, 5.74) is 1.50. The molecule has 5 fully saturated rings. The zero-order chi connectivity index (χ0) is 27.1. The fourth-order valence-electron chi connectivity index (χ4n) is 8.86. The predicted molar refractivity (Wildman–Crippen MR) is 141 cm³/mol. The minimum absolute atomic E-state index is 0.0610. The summed E-state index contributed by atoms with van der Waals surface area (Å²) in [5, 5.41) is 25.3. The Morgan fingerprint density at radius 2 is 1.82 bits per heavy atom. The Labute approximate surface area is 226 Å². The van der Waals surface area contributed by atoms with Crippen LogP contribution in [-0.2, 0) is 9.30 Å². The third-order valence-electron chi connectivity index (χ3n) is 9.20. The first-order valence-corrected chi connectivity index (χ1v) is 15.7. The summed E-state index contributed by atoms with van der Waals surface area (Å²) in [5.74, 6) is 1.27. The Bertz CT molecular complexity index is 1270. The summed E-state index contributed by atoms with van der Waals surface area (Å²) in [4.78, 5) is 31.6. The lowest BCUT2D eigenvalue weighted by atomic mass is 9.43. The second kappa shape index (κ2) is 9.09. The van der Waals surface area contributed by atoms with Gasteiger partial charge in [0, 0.05) is 11.7 Å². The van der Waals surface area contributed by atoms with Crippen LogP contribution in [0.25, 0.3) is 11.2 Å². The van der Waals surface area contributed by atoms with E-state index in [1.54, 1.807) is 4.57 Å². The fourth-order valence-corrected chi connectivity index (χ4v) is 9.66. The van der Waals surface area contributed by atoms with Crippen molar-refractivity contribution in [3.05, 3.63) is 11.6 Å². The maximum Gasteiger partial charge on any atom is 0.325 e. The number of halogens is 1. The van der Waals surface area contributed by atoms with Crippen molar-refractivity contribution in [2.75, 3.05) is 11.5 Å². The Hall–Kier alpha value is -1.33. The smallest absolute Gasteiger partial charge is 0.325 e. The molecular weight excluding hydrogens is 533 g/mol. The molecule has 4 saturated carbocycles. The number of aliphatic hydroxyl groups is 2. The number of rotatable bonds is 8. The van der Waals surface area contributed by atoms with Crippen molar-refractivity contribution in [3.63, 3.8) is 0 Å². The van der Waals surface area contributed by atoms with E-state index in [1.807, 2.05) is 0 Å². The Balaban J connectivity index is 1.24. The molecule has 4 bridgehead atoms. The third kappa shape index (κ3) is 4.89. The zero-order valence-electron chi connectivity index (χ0n) is 21.8. The van der Waals surface area contributed by atoms with Gasteiger partial charge < -0.3 is 30.1 Å². The van der Waals surface area contributed by atoms with E-state index in [-0.39, 0.29) is 17.0 Å². The van der Waals surface area contributed by atoms with Crippen LogP contribution in [0.2, 0.25) is 5.28 Å². The molecule has 210 valence electrons. The molecule has 7 rings (SSSR count). The highest BCUT2D eigenvalue weighted by Crippen LogP contribution is 2.67. The van der Waals surface area contributed by atoms with Gasteiger partial charge in [-0.1, -0.05) is 20.3 Å². The number of hydrogen-bond donors (Lipinski definition) is 5. The highest BCUT2D eigenvalue weighted by Gasteiger charge is 2.60. The van der Waals surface area contributed by atoms with Crippen LogP contribution in [0.15, 0.2) is 6.33 Å². The molecule has 4 aliphatic carbocycles. The van der Waals surface area contributed by atoms with Gasteiger partial charge in [0.25, 0.3) is 0 Å². The average molecular weight is 570 g/mol. The lowest BCUT2D eigenvalue weighted by molar-refractivity contribution is -0.0973. The standard InChI is InChI=1S/C25H37ClN5O6P/c1-23-7-14-8-24(2,10-23)12-25(9-14,11-23)30-19-16-20(29-22(26)28-19)31(13-27-16)21-18(33)17(32)15(37-21)5-3-4-6-38(34,35)36/h13-15,17-18,21,32-33H,3-12H2,1-2H3,(H,28,29,30)(H2,34,35,36)/t14-,15-,17?,18?,21-,23+,24-,25-/m1/s1. The first-order valence-electron chi connectivity index (χ1n) is 13.5. The molecular formula is C25H37ClN5O6P. The molecule has 2 aromatic heterocycles. The van der Waals surface area contributed by atoms with E-state index >= 15 is 0 Å². The van der Waals surface area contributed by atoms with Gasteiger partial charge in [-0.25, -0.2) is 4.98 Å². The van der Waals surface area contributed by atoms with E-state index in [2.05, 4.69) is 34.1 Å². The van der Waals surface area contributed by atoms with Crippen molar-refractivity contribution >= 4 is 36.2 Å². The monoisotopic (exact) mass is 569 g/mol. The van der Waals surface area contributed by atoms with Crippen LogP contribution in [0.4, 0.5) is 5.82 Å². The number of nitrogens with zero attached hydrogens (tertiary/aromatic N) is 4. The molecule has 38 heavy (non-hydrogen) atoms. The summed E-state index contributed by atoms with van der Waals surface area (Å²) >= 11 is 6.40. The second-order valence-electron chi connectivity index (χ2n) is 13.1. The van der Waals surface area contributed by atoms with Gasteiger partial charge in [-0.2, -0.15) is 9.97 Å². The number of ether oxygens (including phenoxy) is 1. The molecule has 1 aliphatic heterocycles. The van der Waals surface area contributed by atoms with Crippen molar-refractivity contribution in [1.29, 1.82) is 0 Å². The summed E-state index contributed by atoms with van der Waals surface area (Å²) < 4.78 is 18.7. The molecule has 5 N–H and O–H groups in total. The summed E-state index contributed by atoms with van der Waals surface area (Å²) in [6.07, 6.45) is 5.47. The molecule has 11 nitrogen and oxygen atoms in total. The van der Waals surface area contributed by atoms with Crippen LogP contribution >= 0.6 is 19.2 Å². The maximum atomic E-state index is 11.1. The summed E-state index contributed by atoms with van der Waals surface area (Å²) in [6.45, 7) is 4.83. The van der Waals surface area contributed by atoms with Gasteiger partial charge in [-0.3, -0.25) is 9.13 Å². The van der Waals surface area contributed by atoms with Crippen LogP contribution in [-0.4, -0.2) is 69.5 Å². The molecule has 5 aliphatic rings. The lowest BCUT2D eigenvalue weighted by Crippen LogP contribution is -2.61. The van der Waals surface area contributed by atoms with E-state index < -0.39 is 32.1 Å². The molecule has 0 spiro atoms. The Morgan fingerprint density at radius 1 is 1.11 bits per heavy atom. The highest BCUT2D eigenvalue weighted by molar-refractivity contribution is 7.51. The van der Waals surface area contributed by atoms with Crippen molar-refractivity contribution in [3.8, 4) is 0 Å². The normalized spacial score (nSPS) is 40.3. The van der Waals surface area contributed by atoms with Gasteiger partial charge in [-0.15, -0.1) is 0 Å². The van der Waals surface area contributed by atoms with Gasteiger partial charge >= 0.3 is 7.60 Å². The zero-order valence-corrected chi connectivity index (χ0v) is 23.4. The number of unbranched alkanes of at least 4 members (excludes halogenated alkanes) is 1. The molecule has 1 saturated heterocycles. The van der Waals surface area contributed by atoms with Gasteiger partial charge in [0.2, 0.25) is 5.28 Å². The number of aromatic nitrogens is 4. The van der Waals surface area contributed by atoms with Crippen LogP contribution < -0.4 is 5.32 Å². The van der Waals surface area contributed by atoms with E-state index in [1.165, 1.54) is 25.6 Å². The van der Waals surface area contributed by atoms with Gasteiger partial charge in [0.1, 0.15) is 12.2 Å². The Kier molecular flexibility index (Phi) is 6.43. The van der Waals surface area contributed by atoms with Crippen LogP contribution in [0.5, 0.6) is 0 Å². The summed E-state index contributed by atoms with van der Waals surface area (Å²) in [6, 6.07) is 0. The minimum atomic E-state index is -4.07. The van der Waals surface area contributed by atoms with E-state index in [9.17, 15) is 14.8 Å². The van der Waals surface area contributed by atoms with Gasteiger partial charge in [0.05, 0.1) is 12.4 Å².